The molecule has 3 rings (SSSR count). The lowest BCUT2D eigenvalue weighted by Gasteiger charge is -2.22. The summed E-state index contributed by atoms with van der Waals surface area (Å²) in [7, 11) is -3.94. The second-order valence-corrected chi connectivity index (χ2v) is 10.3. The first-order valence-electron chi connectivity index (χ1n) is 9.01. The number of halogens is 1. The molecule has 1 aliphatic rings. The van der Waals surface area contributed by atoms with Crippen LogP contribution < -0.4 is 5.32 Å². The zero-order valence-electron chi connectivity index (χ0n) is 15.9. The number of benzene rings is 1. The number of hydrogen-bond donors (Lipinski definition) is 1. The van der Waals surface area contributed by atoms with Crippen molar-refractivity contribution in [2.24, 2.45) is 0 Å². The molecule has 1 aromatic heterocycles. The molecular weight excluding hydrogens is 455 g/mol. The molecule has 0 saturated carbocycles. The molecule has 30 heavy (non-hydrogen) atoms. The summed E-state index contributed by atoms with van der Waals surface area (Å²) >= 11 is 2.21. The van der Waals surface area contributed by atoms with Gasteiger partial charge in [-0.3, -0.25) is 14.9 Å². The third-order valence-electron chi connectivity index (χ3n) is 4.18. The molecular formula is C17H19FN4O5S3. The number of thioether (sulfide) groups is 1. The third-order valence-corrected chi connectivity index (χ3v) is 8.05. The molecule has 1 unspecified atom stereocenters. The Hall–Kier alpha value is -2.09. The number of nitrogens with zero attached hydrogens (tertiary/aromatic N) is 3. The van der Waals surface area contributed by atoms with Gasteiger partial charge in [-0.1, -0.05) is 23.1 Å². The van der Waals surface area contributed by atoms with Gasteiger partial charge in [-0.25, -0.2) is 12.8 Å². The fourth-order valence-corrected chi connectivity index (χ4v) is 6.07. The minimum atomic E-state index is -3.94. The van der Waals surface area contributed by atoms with Crippen molar-refractivity contribution in [1.29, 1.82) is 0 Å². The Labute approximate surface area is 181 Å². The molecule has 1 aliphatic heterocycles. The smallest absolute Gasteiger partial charge is 0.316 e. The third kappa shape index (κ3) is 5.33. The van der Waals surface area contributed by atoms with Gasteiger partial charge in [0.15, 0.2) is 4.34 Å². The highest BCUT2D eigenvalue weighted by Crippen LogP contribution is 2.29. The minimum absolute atomic E-state index is 0.0721. The van der Waals surface area contributed by atoms with Crippen LogP contribution in [0.5, 0.6) is 0 Å². The molecule has 9 nitrogen and oxygen atoms in total. The van der Waals surface area contributed by atoms with Crippen LogP contribution in [0.4, 0.5) is 9.52 Å². The van der Waals surface area contributed by atoms with E-state index in [1.807, 2.05) is 0 Å². The lowest BCUT2D eigenvalue weighted by atomic mass is 10.2. The zero-order valence-corrected chi connectivity index (χ0v) is 18.4. The first-order chi connectivity index (χ1) is 14.3. The number of carbonyl (C=O) groups excluding carboxylic acids is 2. The predicted octanol–water partition coefficient (Wildman–Crippen LogP) is 2.12. The summed E-state index contributed by atoms with van der Waals surface area (Å²) in [6.07, 6.45) is 0.880. The number of carbonyl (C=O) groups is 2. The van der Waals surface area contributed by atoms with Gasteiger partial charge in [0.25, 0.3) is 0 Å². The molecule has 2 heterocycles. The summed E-state index contributed by atoms with van der Waals surface area (Å²) in [6, 6.07) is 3.58. The van der Waals surface area contributed by atoms with Crippen LogP contribution in [0.15, 0.2) is 33.5 Å². The SMILES string of the molecule is CCOC(=O)CSc1nnc(NC(=O)C2CCCN2S(=O)(=O)c2ccc(F)cc2)s1. The van der Waals surface area contributed by atoms with Crippen LogP contribution >= 0.6 is 23.1 Å². The minimum Gasteiger partial charge on any atom is -0.465 e. The lowest BCUT2D eigenvalue weighted by Crippen LogP contribution is -2.43. The maximum Gasteiger partial charge on any atom is 0.316 e. The molecule has 1 fully saturated rings. The van der Waals surface area contributed by atoms with Gasteiger partial charge >= 0.3 is 5.97 Å². The van der Waals surface area contributed by atoms with E-state index in [0.717, 1.165) is 39.5 Å². The molecule has 0 radical (unpaired) electrons. The Bertz CT molecular complexity index is 1010. The van der Waals surface area contributed by atoms with Gasteiger partial charge in [0, 0.05) is 6.54 Å². The number of rotatable bonds is 8. The van der Waals surface area contributed by atoms with Crippen molar-refractivity contribution in [1.82, 2.24) is 14.5 Å². The number of aromatic nitrogens is 2. The van der Waals surface area contributed by atoms with Gasteiger partial charge in [-0.05, 0) is 44.0 Å². The summed E-state index contributed by atoms with van der Waals surface area (Å²) in [6.45, 7) is 2.19. The quantitative estimate of drug-likeness (QED) is 0.351. The normalized spacial score (nSPS) is 17.1. The molecule has 1 N–H and O–H groups in total. The Balaban J connectivity index is 1.65. The average molecular weight is 475 g/mol. The van der Waals surface area contributed by atoms with Crippen molar-refractivity contribution < 1.29 is 27.1 Å². The number of anilines is 1. The molecule has 2 aromatic rings. The molecule has 1 saturated heterocycles. The van der Waals surface area contributed by atoms with Crippen molar-refractivity contribution in [2.75, 3.05) is 24.2 Å². The van der Waals surface area contributed by atoms with Gasteiger partial charge in [0.05, 0.1) is 17.3 Å². The number of nitrogens with one attached hydrogen (secondary N) is 1. The molecule has 0 spiro atoms. The second-order valence-electron chi connectivity index (χ2n) is 6.18. The molecule has 0 aliphatic carbocycles. The Kier molecular flexibility index (Phi) is 7.39. The van der Waals surface area contributed by atoms with Crippen molar-refractivity contribution in [3.8, 4) is 0 Å². The first-order valence-corrected chi connectivity index (χ1v) is 12.3. The zero-order chi connectivity index (χ0) is 21.7. The molecule has 1 atom stereocenters. The van der Waals surface area contributed by atoms with E-state index < -0.39 is 27.8 Å². The summed E-state index contributed by atoms with van der Waals surface area (Å²) < 4.78 is 45.3. The van der Waals surface area contributed by atoms with Gasteiger partial charge < -0.3 is 4.74 Å². The van der Waals surface area contributed by atoms with Crippen LogP contribution in [0.2, 0.25) is 0 Å². The van der Waals surface area contributed by atoms with E-state index in [0.29, 0.717) is 17.2 Å². The number of esters is 1. The fraction of sp³-hybridized carbons (Fsp3) is 0.412. The van der Waals surface area contributed by atoms with E-state index in [4.69, 9.17) is 4.74 Å². The van der Waals surface area contributed by atoms with E-state index in [1.54, 1.807) is 6.92 Å². The van der Waals surface area contributed by atoms with E-state index in [2.05, 4.69) is 15.5 Å². The maximum absolute atomic E-state index is 13.1. The molecule has 162 valence electrons. The van der Waals surface area contributed by atoms with Crippen LogP contribution in [-0.2, 0) is 24.3 Å². The Morgan fingerprint density at radius 1 is 1.33 bits per heavy atom. The Morgan fingerprint density at radius 2 is 2.07 bits per heavy atom. The Morgan fingerprint density at radius 3 is 2.77 bits per heavy atom. The highest BCUT2D eigenvalue weighted by Gasteiger charge is 2.39. The van der Waals surface area contributed by atoms with E-state index in [1.165, 1.54) is 12.1 Å². The summed E-state index contributed by atoms with van der Waals surface area (Å²) in [5.74, 6) is -1.37. The van der Waals surface area contributed by atoms with Crippen LogP contribution in [0.3, 0.4) is 0 Å². The molecule has 13 heteroatoms. The summed E-state index contributed by atoms with van der Waals surface area (Å²) in [5, 5.41) is 10.5. The maximum atomic E-state index is 13.1. The average Bonchev–Trinajstić information content (AvgIpc) is 3.37. The first kappa shape index (κ1) is 22.6. The van der Waals surface area contributed by atoms with Gasteiger partial charge in [0.1, 0.15) is 11.9 Å². The topological polar surface area (TPSA) is 119 Å². The van der Waals surface area contributed by atoms with Crippen LogP contribution in [0.25, 0.3) is 0 Å². The second kappa shape index (κ2) is 9.81. The highest BCUT2D eigenvalue weighted by molar-refractivity contribution is 8.01. The van der Waals surface area contributed by atoms with Gasteiger partial charge in [0.2, 0.25) is 21.1 Å². The van der Waals surface area contributed by atoms with Crippen molar-refractivity contribution in [3.05, 3.63) is 30.1 Å². The van der Waals surface area contributed by atoms with Gasteiger partial charge in [-0.2, -0.15) is 4.31 Å². The highest BCUT2D eigenvalue weighted by atomic mass is 32.2. The predicted molar refractivity (Wildman–Crippen MR) is 109 cm³/mol. The number of amides is 1. The molecule has 1 amide bonds. The summed E-state index contributed by atoms with van der Waals surface area (Å²) in [5.41, 5.74) is 0. The van der Waals surface area contributed by atoms with Crippen LogP contribution in [0.1, 0.15) is 19.8 Å². The number of ether oxygens (including phenoxy) is 1. The standard InChI is InChI=1S/C17H19FN4O5S3/c1-2-27-14(23)10-28-17-21-20-16(29-17)19-15(24)13-4-3-9-22(13)30(25,26)12-7-5-11(18)6-8-12/h5-8,13H,2-4,9-10H2,1H3,(H,19,20,24). The fourth-order valence-electron chi connectivity index (χ4n) is 2.86. The van der Waals surface area contributed by atoms with Crippen LogP contribution in [-0.4, -0.2) is 59.7 Å². The van der Waals surface area contributed by atoms with Gasteiger partial charge in [-0.15, -0.1) is 10.2 Å². The molecule has 1 aromatic carbocycles. The lowest BCUT2D eigenvalue weighted by molar-refractivity contribution is -0.139. The largest absolute Gasteiger partial charge is 0.465 e. The van der Waals surface area contributed by atoms with E-state index in [-0.39, 0.29) is 34.9 Å². The summed E-state index contributed by atoms with van der Waals surface area (Å²) in [4.78, 5) is 24.0. The monoisotopic (exact) mass is 474 g/mol. The van der Waals surface area contributed by atoms with Crippen LogP contribution in [0, 0.1) is 5.82 Å². The number of hydrogen-bond acceptors (Lipinski definition) is 9. The van der Waals surface area contributed by atoms with Crippen molar-refractivity contribution >= 4 is 50.1 Å². The van der Waals surface area contributed by atoms with E-state index >= 15 is 0 Å². The van der Waals surface area contributed by atoms with Crippen molar-refractivity contribution in [2.45, 2.75) is 35.0 Å². The number of sulfonamides is 1. The van der Waals surface area contributed by atoms with E-state index in [9.17, 15) is 22.4 Å². The molecule has 0 bridgehead atoms. The van der Waals surface area contributed by atoms with Crippen molar-refractivity contribution in [3.63, 3.8) is 0 Å².